The van der Waals surface area contributed by atoms with Gasteiger partial charge in [-0.2, -0.15) is 0 Å². The summed E-state index contributed by atoms with van der Waals surface area (Å²) >= 11 is 0. The zero-order valence-electron chi connectivity index (χ0n) is 8.93. The number of fused-ring (bicyclic) bond motifs is 1. The van der Waals surface area contributed by atoms with E-state index >= 15 is 0 Å². The van der Waals surface area contributed by atoms with Gasteiger partial charge in [0.05, 0.1) is 7.11 Å². The van der Waals surface area contributed by atoms with Crippen LogP contribution in [0.25, 0.3) is 10.8 Å². The molecule has 0 bridgehead atoms. The molecule has 2 aromatic rings. The van der Waals surface area contributed by atoms with Gasteiger partial charge in [0.15, 0.2) is 0 Å². The second-order valence-corrected chi connectivity index (χ2v) is 3.20. The number of hydrogen-bond acceptors (Lipinski definition) is 2. The molecule has 0 fully saturated rings. The number of ether oxygens (including phenoxy) is 1. The average Bonchev–Trinajstić information content (AvgIpc) is 2.27. The molecule has 78 valence electrons. The van der Waals surface area contributed by atoms with Crippen molar-refractivity contribution in [1.29, 1.82) is 0 Å². The van der Waals surface area contributed by atoms with Gasteiger partial charge in [-0.1, -0.05) is 24.3 Å². The zero-order chi connectivity index (χ0) is 10.8. The molecule has 0 spiro atoms. The molecule has 0 saturated heterocycles. The second-order valence-electron chi connectivity index (χ2n) is 3.20. The van der Waals surface area contributed by atoms with E-state index in [4.69, 9.17) is 9.84 Å². The molecule has 0 aliphatic carbocycles. The van der Waals surface area contributed by atoms with Gasteiger partial charge in [0.2, 0.25) is 0 Å². The van der Waals surface area contributed by atoms with Crippen molar-refractivity contribution in [1.82, 2.24) is 0 Å². The first kappa shape index (κ1) is 12.7. The molecule has 0 radical (unpaired) electrons. The molecule has 2 rings (SSSR count). The Bertz CT molecular complexity index is 523. The fraction of sp³-hybridized carbons (Fsp3) is 0.0833. The number of carbonyl (C=O) groups is 1. The van der Waals surface area contributed by atoms with Crippen LogP contribution >= 0.6 is 0 Å². The van der Waals surface area contributed by atoms with Crippen molar-refractivity contribution in [3.05, 3.63) is 42.0 Å². The Labute approximate surface area is 106 Å². The van der Waals surface area contributed by atoms with Crippen LogP contribution < -0.4 is 4.74 Å². The minimum atomic E-state index is -0.974. The minimum Gasteiger partial charge on any atom is -0.496 e. The van der Waals surface area contributed by atoms with E-state index in [2.05, 4.69) is 0 Å². The first-order valence-corrected chi connectivity index (χ1v) is 4.52. The standard InChI is InChI=1S/C12H10O3.Zn/c1-15-11-7-9-5-3-2-4-8(9)6-10(11)12(13)14;/h2-7H,1H3,(H,13,14);. The van der Waals surface area contributed by atoms with E-state index in [1.807, 2.05) is 24.3 Å². The van der Waals surface area contributed by atoms with Gasteiger partial charge in [0, 0.05) is 19.5 Å². The summed E-state index contributed by atoms with van der Waals surface area (Å²) in [6.07, 6.45) is 0. The van der Waals surface area contributed by atoms with E-state index in [9.17, 15) is 4.79 Å². The van der Waals surface area contributed by atoms with Gasteiger partial charge in [-0.15, -0.1) is 0 Å². The van der Waals surface area contributed by atoms with Crippen LogP contribution in [0.5, 0.6) is 5.75 Å². The summed E-state index contributed by atoms with van der Waals surface area (Å²) in [6.45, 7) is 0. The Kier molecular flexibility index (Phi) is 4.02. The fourth-order valence-corrected chi connectivity index (χ4v) is 1.56. The molecule has 1 N–H and O–H groups in total. The summed E-state index contributed by atoms with van der Waals surface area (Å²) in [7, 11) is 1.47. The van der Waals surface area contributed by atoms with Crippen molar-refractivity contribution in [2.45, 2.75) is 0 Å². The van der Waals surface area contributed by atoms with Crippen molar-refractivity contribution in [3.63, 3.8) is 0 Å². The number of carboxylic acid groups (broad SMARTS) is 1. The molecule has 4 heteroatoms. The van der Waals surface area contributed by atoms with Crippen LogP contribution in [-0.2, 0) is 19.5 Å². The summed E-state index contributed by atoms with van der Waals surface area (Å²) in [6, 6.07) is 10.9. The summed E-state index contributed by atoms with van der Waals surface area (Å²) in [4.78, 5) is 10.9. The smallest absolute Gasteiger partial charge is 0.339 e. The number of benzene rings is 2. The van der Waals surface area contributed by atoms with Crippen molar-refractivity contribution >= 4 is 16.7 Å². The Balaban J connectivity index is 0.00000128. The molecule has 3 nitrogen and oxygen atoms in total. The van der Waals surface area contributed by atoms with Crippen LogP contribution in [0.3, 0.4) is 0 Å². The summed E-state index contributed by atoms with van der Waals surface area (Å²) in [5.41, 5.74) is 0.191. The molecule has 0 aliphatic rings. The number of methoxy groups -OCH3 is 1. The molecular formula is C12H10O3Zn. The van der Waals surface area contributed by atoms with Gasteiger partial charge >= 0.3 is 5.97 Å². The molecule has 2 aromatic carbocycles. The van der Waals surface area contributed by atoms with Gasteiger partial charge < -0.3 is 9.84 Å². The number of rotatable bonds is 2. The second kappa shape index (κ2) is 5.08. The molecule has 0 unspecified atom stereocenters. The minimum absolute atomic E-state index is 0. The van der Waals surface area contributed by atoms with Crippen LogP contribution in [0.4, 0.5) is 0 Å². The third-order valence-corrected chi connectivity index (χ3v) is 2.30. The molecule has 0 atom stereocenters. The summed E-state index contributed by atoms with van der Waals surface area (Å²) in [5, 5.41) is 10.8. The van der Waals surface area contributed by atoms with Gasteiger partial charge in [-0.3, -0.25) is 0 Å². The monoisotopic (exact) mass is 266 g/mol. The third kappa shape index (κ3) is 2.22. The van der Waals surface area contributed by atoms with E-state index < -0.39 is 5.97 Å². The predicted octanol–water partition coefficient (Wildman–Crippen LogP) is 2.54. The SMILES string of the molecule is COc1cc2ccccc2cc1C(=O)O.[Zn]. The first-order chi connectivity index (χ1) is 7.22. The normalized spacial score (nSPS) is 9.56. The average molecular weight is 268 g/mol. The number of hydrogen-bond donors (Lipinski definition) is 1. The molecular weight excluding hydrogens is 258 g/mol. The van der Waals surface area contributed by atoms with Crippen LogP contribution in [0.15, 0.2) is 36.4 Å². The summed E-state index contributed by atoms with van der Waals surface area (Å²) in [5.74, 6) is -0.584. The van der Waals surface area contributed by atoms with E-state index in [1.165, 1.54) is 7.11 Å². The van der Waals surface area contributed by atoms with E-state index in [0.29, 0.717) is 5.75 Å². The maximum Gasteiger partial charge on any atom is 0.339 e. The number of aromatic carboxylic acids is 1. The Morgan fingerprint density at radius 3 is 2.25 bits per heavy atom. The van der Waals surface area contributed by atoms with Gasteiger partial charge in [-0.05, 0) is 22.9 Å². The molecule has 0 aromatic heterocycles. The van der Waals surface area contributed by atoms with Crippen LogP contribution in [0.1, 0.15) is 10.4 Å². The quantitative estimate of drug-likeness (QED) is 0.851. The molecule has 16 heavy (non-hydrogen) atoms. The maximum atomic E-state index is 10.9. The van der Waals surface area contributed by atoms with Crippen LogP contribution in [0.2, 0.25) is 0 Å². The molecule has 0 saturated carbocycles. The van der Waals surface area contributed by atoms with Gasteiger partial charge in [0.1, 0.15) is 11.3 Å². The van der Waals surface area contributed by atoms with Gasteiger partial charge in [0.25, 0.3) is 0 Å². The third-order valence-electron chi connectivity index (χ3n) is 2.30. The zero-order valence-corrected chi connectivity index (χ0v) is 11.9. The van der Waals surface area contributed by atoms with Crippen molar-refractivity contribution < 1.29 is 34.1 Å². The van der Waals surface area contributed by atoms with Crippen molar-refractivity contribution in [2.24, 2.45) is 0 Å². The largest absolute Gasteiger partial charge is 0.496 e. The van der Waals surface area contributed by atoms with E-state index in [1.54, 1.807) is 12.1 Å². The fourth-order valence-electron chi connectivity index (χ4n) is 1.56. The van der Waals surface area contributed by atoms with Crippen LogP contribution in [0, 0.1) is 0 Å². The number of carboxylic acids is 1. The molecule has 0 amide bonds. The Morgan fingerprint density at radius 1 is 1.19 bits per heavy atom. The maximum absolute atomic E-state index is 10.9. The van der Waals surface area contributed by atoms with E-state index in [-0.39, 0.29) is 25.0 Å². The Hall–Kier alpha value is -1.41. The topological polar surface area (TPSA) is 46.5 Å². The molecule has 0 heterocycles. The predicted molar refractivity (Wildman–Crippen MR) is 57.5 cm³/mol. The van der Waals surface area contributed by atoms with Crippen molar-refractivity contribution in [2.75, 3.05) is 7.11 Å². The van der Waals surface area contributed by atoms with Crippen molar-refractivity contribution in [3.8, 4) is 5.75 Å². The van der Waals surface area contributed by atoms with Crippen LogP contribution in [-0.4, -0.2) is 18.2 Å². The van der Waals surface area contributed by atoms with Gasteiger partial charge in [-0.25, -0.2) is 4.79 Å². The van der Waals surface area contributed by atoms with E-state index in [0.717, 1.165) is 10.8 Å². The first-order valence-electron chi connectivity index (χ1n) is 4.52. The summed E-state index contributed by atoms with van der Waals surface area (Å²) < 4.78 is 5.03. The molecule has 0 aliphatic heterocycles. The Morgan fingerprint density at radius 2 is 1.75 bits per heavy atom.